The molecule has 0 amide bonds. The molecule has 0 radical (unpaired) electrons. The predicted octanol–water partition coefficient (Wildman–Crippen LogP) is 7.65. The Labute approximate surface area is 200 Å². The van der Waals surface area contributed by atoms with Crippen LogP contribution in [0.3, 0.4) is 0 Å². The molecule has 0 saturated carbocycles. The average molecular weight is 469 g/mol. The molecule has 5 rings (SSSR count). The lowest BCUT2D eigenvalue weighted by Gasteiger charge is -2.07. The Bertz CT molecular complexity index is 1460. The van der Waals surface area contributed by atoms with Crippen LogP contribution in [0.25, 0.3) is 22.8 Å². The van der Waals surface area contributed by atoms with Crippen molar-refractivity contribution in [2.75, 3.05) is 0 Å². The maximum atomic E-state index is 9.86. The van der Waals surface area contributed by atoms with E-state index in [9.17, 15) is 5.26 Å². The molecule has 6 nitrogen and oxygen atoms in total. The molecule has 34 heavy (non-hydrogen) atoms. The highest BCUT2D eigenvalue weighted by molar-refractivity contribution is 6.30. The van der Waals surface area contributed by atoms with Gasteiger partial charge in [-0.25, -0.2) is 4.99 Å². The van der Waals surface area contributed by atoms with E-state index in [1.54, 1.807) is 30.5 Å². The number of rotatable bonds is 7. The van der Waals surface area contributed by atoms with Crippen LogP contribution in [-0.2, 0) is 6.61 Å². The SMILES string of the molecule is N#Cc1c(N=Cc2cccc(OCc3ccc(Cl)cc3)c2)oc(-c2ccco2)c1-c1ccco1. The van der Waals surface area contributed by atoms with E-state index in [-0.39, 0.29) is 11.4 Å². The van der Waals surface area contributed by atoms with Gasteiger partial charge in [0.15, 0.2) is 11.5 Å². The van der Waals surface area contributed by atoms with Crippen LogP contribution in [0.2, 0.25) is 5.02 Å². The molecule has 0 atom stereocenters. The zero-order chi connectivity index (χ0) is 23.3. The molecule has 3 aromatic heterocycles. The maximum absolute atomic E-state index is 9.86. The van der Waals surface area contributed by atoms with Crippen LogP contribution in [-0.4, -0.2) is 6.21 Å². The molecule has 5 aromatic rings. The molecule has 166 valence electrons. The molecule has 0 aliphatic carbocycles. The molecule has 7 heteroatoms. The van der Waals surface area contributed by atoms with Crippen molar-refractivity contribution in [3.05, 3.63) is 107 Å². The topological polar surface area (TPSA) is 84.8 Å². The van der Waals surface area contributed by atoms with E-state index in [2.05, 4.69) is 11.1 Å². The van der Waals surface area contributed by atoms with Crippen molar-refractivity contribution < 1.29 is 18.0 Å². The third-order valence-electron chi connectivity index (χ3n) is 5.02. The Morgan fingerprint density at radius 2 is 1.71 bits per heavy atom. The van der Waals surface area contributed by atoms with Gasteiger partial charge in [0.2, 0.25) is 5.88 Å². The van der Waals surface area contributed by atoms with E-state index in [1.165, 1.54) is 12.5 Å². The molecule has 2 aromatic carbocycles. The summed E-state index contributed by atoms with van der Waals surface area (Å²) >= 11 is 5.93. The van der Waals surface area contributed by atoms with Crippen molar-refractivity contribution in [2.45, 2.75) is 6.61 Å². The molecule has 0 aliphatic rings. The highest BCUT2D eigenvalue weighted by Crippen LogP contribution is 2.42. The molecule has 0 saturated heterocycles. The molecule has 0 bridgehead atoms. The minimum atomic E-state index is 0.160. The van der Waals surface area contributed by atoms with Gasteiger partial charge in [0.25, 0.3) is 0 Å². The number of ether oxygens (including phenoxy) is 1. The Morgan fingerprint density at radius 3 is 2.41 bits per heavy atom. The summed E-state index contributed by atoms with van der Waals surface area (Å²) in [6, 6.07) is 24.1. The second-order valence-corrected chi connectivity index (χ2v) is 7.74. The summed E-state index contributed by atoms with van der Waals surface area (Å²) in [7, 11) is 0. The summed E-state index contributed by atoms with van der Waals surface area (Å²) in [6.45, 7) is 0.410. The number of furan rings is 3. The van der Waals surface area contributed by atoms with Crippen LogP contribution in [0, 0.1) is 11.3 Å². The smallest absolute Gasteiger partial charge is 0.238 e. The standard InChI is InChI=1S/C27H17ClN2O4/c28-20-10-8-18(9-11-20)17-33-21-5-1-4-19(14-21)16-30-27-22(15-29)25(23-6-2-12-31-23)26(34-27)24-7-3-13-32-24/h1-14,16H,17H2. The van der Waals surface area contributed by atoms with E-state index < -0.39 is 0 Å². The van der Waals surface area contributed by atoms with Gasteiger partial charge in [0.1, 0.15) is 29.7 Å². The third kappa shape index (κ3) is 4.51. The molecule has 0 unspecified atom stereocenters. The largest absolute Gasteiger partial charge is 0.489 e. The van der Waals surface area contributed by atoms with Crippen LogP contribution in [0.5, 0.6) is 5.75 Å². The van der Waals surface area contributed by atoms with Crippen LogP contribution >= 0.6 is 11.6 Å². The molecule has 0 aliphatic heterocycles. The van der Waals surface area contributed by atoms with Gasteiger partial charge in [-0.05, 0) is 59.7 Å². The molecular weight excluding hydrogens is 452 g/mol. The van der Waals surface area contributed by atoms with E-state index in [0.717, 1.165) is 11.1 Å². The van der Waals surface area contributed by atoms with Crippen molar-refractivity contribution in [1.82, 2.24) is 0 Å². The van der Waals surface area contributed by atoms with Gasteiger partial charge in [-0.1, -0.05) is 35.9 Å². The van der Waals surface area contributed by atoms with Crippen LogP contribution in [0.15, 0.2) is 104 Å². The van der Waals surface area contributed by atoms with Crippen LogP contribution in [0.1, 0.15) is 16.7 Å². The first-order chi connectivity index (χ1) is 16.7. The Kier molecular flexibility index (Phi) is 6.02. The van der Waals surface area contributed by atoms with Crippen LogP contribution < -0.4 is 4.74 Å². The molecule has 0 spiro atoms. The summed E-state index contributed by atoms with van der Waals surface area (Å²) < 4.78 is 22.9. The molecule has 0 fully saturated rings. The van der Waals surface area contributed by atoms with Crippen molar-refractivity contribution in [3.63, 3.8) is 0 Å². The summed E-state index contributed by atoms with van der Waals surface area (Å²) in [5, 5.41) is 10.5. The van der Waals surface area contributed by atoms with Gasteiger partial charge >= 0.3 is 0 Å². The van der Waals surface area contributed by atoms with Gasteiger partial charge in [0, 0.05) is 11.2 Å². The Balaban J connectivity index is 1.42. The zero-order valence-electron chi connectivity index (χ0n) is 17.8. The number of hydrogen-bond acceptors (Lipinski definition) is 6. The summed E-state index contributed by atoms with van der Waals surface area (Å²) in [6.07, 6.45) is 4.69. The van der Waals surface area contributed by atoms with Crippen LogP contribution in [0.4, 0.5) is 5.88 Å². The maximum Gasteiger partial charge on any atom is 0.238 e. The number of benzene rings is 2. The zero-order valence-corrected chi connectivity index (χ0v) is 18.5. The lowest BCUT2D eigenvalue weighted by Crippen LogP contribution is -1.95. The van der Waals surface area contributed by atoms with Crippen molar-refractivity contribution in [1.29, 1.82) is 5.26 Å². The van der Waals surface area contributed by atoms with Gasteiger partial charge < -0.3 is 18.0 Å². The van der Waals surface area contributed by atoms with Crippen molar-refractivity contribution in [2.24, 2.45) is 4.99 Å². The fourth-order valence-corrected chi connectivity index (χ4v) is 3.54. The minimum Gasteiger partial charge on any atom is -0.489 e. The highest BCUT2D eigenvalue weighted by Gasteiger charge is 2.25. The predicted molar refractivity (Wildman–Crippen MR) is 128 cm³/mol. The van der Waals surface area contributed by atoms with Gasteiger partial charge in [-0.15, -0.1) is 0 Å². The summed E-state index contributed by atoms with van der Waals surface area (Å²) in [5.41, 5.74) is 2.55. The molecule has 3 heterocycles. The first-order valence-corrected chi connectivity index (χ1v) is 10.7. The number of hydrogen-bond donors (Lipinski definition) is 0. The van der Waals surface area contributed by atoms with Crippen molar-refractivity contribution >= 4 is 23.7 Å². The number of nitriles is 1. The lowest BCUT2D eigenvalue weighted by molar-refractivity contribution is 0.306. The van der Waals surface area contributed by atoms with Gasteiger partial charge in [0.05, 0.1) is 18.1 Å². The Morgan fingerprint density at radius 1 is 0.941 bits per heavy atom. The van der Waals surface area contributed by atoms with E-state index >= 15 is 0 Å². The van der Waals surface area contributed by atoms with E-state index in [1.807, 2.05) is 48.5 Å². The first kappa shape index (κ1) is 21.4. The number of aliphatic imine (C=N–C) groups is 1. The second kappa shape index (κ2) is 9.57. The average Bonchev–Trinajstić information content (AvgIpc) is 3.63. The van der Waals surface area contributed by atoms with Gasteiger partial charge in [-0.2, -0.15) is 5.26 Å². The monoisotopic (exact) mass is 468 g/mol. The normalized spacial score (nSPS) is 11.1. The highest BCUT2D eigenvalue weighted by atomic mass is 35.5. The van der Waals surface area contributed by atoms with E-state index in [0.29, 0.717) is 40.2 Å². The van der Waals surface area contributed by atoms with Crippen molar-refractivity contribution in [3.8, 4) is 34.7 Å². The van der Waals surface area contributed by atoms with Gasteiger partial charge in [-0.3, -0.25) is 0 Å². The first-order valence-electron chi connectivity index (χ1n) is 10.4. The second-order valence-electron chi connectivity index (χ2n) is 7.30. The number of halogens is 1. The minimum absolute atomic E-state index is 0.160. The lowest BCUT2D eigenvalue weighted by atomic mass is 10.1. The fourth-order valence-electron chi connectivity index (χ4n) is 3.42. The quantitative estimate of drug-likeness (QED) is 0.229. The Hall–Kier alpha value is -4.47. The molecule has 0 N–H and O–H groups in total. The number of nitrogens with zero attached hydrogens (tertiary/aromatic N) is 2. The summed E-state index contributed by atoms with van der Waals surface area (Å²) in [4.78, 5) is 4.45. The fraction of sp³-hybridized carbons (Fsp3) is 0.0370. The summed E-state index contributed by atoms with van der Waals surface area (Å²) in [5.74, 6) is 2.19. The third-order valence-corrected chi connectivity index (χ3v) is 5.27. The van der Waals surface area contributed by atoms with E-state index in [4.69, 9.17) is 29.6 Å². The molecular formula is C27H17ClN2O4.